The van der Waals surface area contributed by atoms with Crippen molar-refractivity contribution in [2.75, 3.05) is 6.54 Å². The molecule has 1 saturated heterocycles. The number of rotatable bonds is 1. The first kappa shape index (κ1) is 11.3. The van der Waals surface area contributed by atoms with Crippen LogP contribution in [0.5, 0.6) is 5.75 Å². The molecule has 1 aliphatic heterocycles. The monoisotopic (exact) mass is 231 g/mol. The number of alkyl halides is 3. The summed E-state index contributed by atoms with van der Waals surface area (Å²) in [5.74, 6) is -0.714. The Labute approximate surface area is 91.1 Å². The van der Waals surface area contributed by atoms with Gasteiger partial charge in [0.2, 0.25) is 0 Å². The second kappa shape index (κ2) is 3.97. The summed E-state index contributed by atoms with van der Waals surface area (Å²) in [5, 5.41) is 12.3. The van der Waals surface area contributed by atoms with Crippen molar-refractivity contribution in [1.29, 1.82) is 0 Å². The van der Waals surface area contributed by atoms with Crippen molar-refractivity contribution in [2.24, 2.45) is 0 Å². The molecule has 16 heavy (non-hydrogen) atoms. The molecule has 2 N–H and O–H groups in total. The highest BCUT2D eigenvalue weighted by Gasteiger charge is 2.34. The number of phenolic OH excluding ortho intramolecular Hbond substituents is 1. The van der Waals surface area contributed by atoms with Crippen molar-refractivity contribution in [1.82, 2.24) is 5.32 Å². The van der Waals surface area contributed by atoms with E-state index in [4.69, 9.17) is 0 Å². The molecular formula is C11H12F3NO. The number of hydrogen-bond acceptors (Lipinski definition) is 2. The standard InChI is InChI=1S/C11H12F3NO/c12-11(13,14)8-6-7(3-4-10(8)16)9-2-1-5-15-9/h3-4,6,9,15-16H,1-2,5H2/t9-/m1/s1. The fourth-order valence-electron chi connectivity index (χ4n) is 1.97. The summed E-state index contributed by atoms with van der Waals surface area (Å²) in [5.41, 5.74) is -0.374. The van der Waals surface area contributed by atoms with Crippen LogP contribution in [0.15, 0.2) is 18.2 Å². The minimum Gasteiger partial charge on any atom is -0.507 e. The summed E-state index contributed by atoms with van der Waals surface area (Å²) < 4.78 is 37.6. The van der Waals surface area contributed by atoms with Crippen molar-refractivity contribution in [3.63, 3.8) is 0 Å². The molecule has 1 aromatic rings. The molecule has 0 aromatic heterocycles. The topological polar surface area (TPSA) is 32.3 Å². The van der Waals surface area contributed by atoms with E-state index in [2.05, 4.69) is 5.32 Å². The summed E-state index contributed by atoms with van der Waals surface area (Å²) in [7, 11) is 0. The minimum atomic E-state index is -4.50. The molecule has 0 spiro atoms. The van der Waals surface area contributed by atoms with E-state index in [9.17, 15) is 18.3 Å². The normalized spacial score (nSPS) is 21.3. The van der Waals surface area contributed by atoms with Crippen LogP contribution in [-0.4, -0.2) is 11.7 Å². The molecule has 1 fully saturated rings. The van der Waals surface area contributed by atoms with Gasteiger partial charge in [-0.25, -0.2) is 0 Å². The maximum atomic E-state index is 12.5. The average Bonchev–Trinajstić information content (AvgIpc) is 2.69. The van der Waals surface area contributed by atoms with Crippen LogP contribution in [0.1, 0.15) is 30.0 Å². The predicted molar refractivity (Wildman–Crippen MR) is 53.1 cm³/mol. The summed E-state index contributed by atoms with van der Waals surface area (Å²) in [6.45, 7) is 0.826. The van der Waals surface area contributed by atoms with Crippen molar-refractivity contribution in [2.45, 2.75) is 25.1 Å². The molecule has 5 heteroatoms. The highest BCUT2D eigenvalue weighted by atomic mass is 19.4. The molecule has 0 saturated carbocycles. The Hall–Kier alpha value is -1.23. The largest absolute Gasteiger partial charge is 0.507 e. The van der Waals surface area contributed by atoms with E-state index in [0.717, 1.165) is 31.5 Å². The number of benzene rings is 1. The molecule has 2 nitrogen and oxygen atoms in total. The highest BCUT2D eigenvalue weighted by molar-refractivity contribution is 5.39. The molecule has 1 atom stereocenters. The van der Waals surface area contributed by atoms with Crippen LogP contribution in [0.4, 0.5) is 13.2 Å². The second-order valence-electron chi connectivity index (χ2n) is 3.92. The minimum absolute atomic E-state index is 0.0262. The van der Waals surface area contributed by atoms with Crippen LogP contribution in [-0.2, 0) is 6.18 Å². The van der Waals surface area contributed by atoms with Crippen LogP contribution in [0, 0.1) is 0 Å². The Bertz CT molecular complexity index is 383. The van der Waals surface area contributed by atoms with Gasteiger partial charge < -0.3 is 10.4 Å². The lowest BCUT2D eigenvalue weighted by Gasteiger charge is -2.14. The van der Waals surface area contributed by atoms with Gasteiger partial charge in [0.25, 0.3) is 0 Å². The van der Waals surface area contributed by atoms with Crippen molar-refractivity contribution in [3.05, 3.63) is 29.3 Å². The maximum Gasteiger partial charge on any atom is 0.419 e. The van der Waals surface area contributed by atoms with Crippen molar-refractivity contribution in [3.8, 4) is 5.75 Å². The van der Waals surface area contributed by atoms with Gasteiger partial charge in [-0.1, -0.05) is 6.07 Å². The highest BCUT2D eigenvalue weighted by Crippen LogP contribution is 2.37. The third kappa shape index (κ3) is 2.14. The van der Waals surface area contributed by atoms with Gasteiger partial charge in [0.05, 0.1) is 5.56 Å². The van der Waals surface area contributed by atoms with Crippen LogP contribution in [0.2, 0.25) is 0 Å². The lowest BCUT2D eigenvalue weighted by molar-refractivity contribution is -0.138. The van der Waals surface area contributed by atoms with Crippen LogP contribution < -0.4 is 5.32 Å². The fraction of sp³-hybridized carbons (Fsp3) is 0.455. The van der Waals surface area contributed by atoms with Gasteiger partial charge in [0.1, 0.15) is 5.75 Å². The Morgan fingerprint density at radius 1 is 1.31 bits per heavy atom. The Balaban J connectivity index is 2.35. The van der Waals surface area contributed by atoms with Crippen LogP contribution in [0.25, 0.3) is 0 Å². The molecular weight excluding hydrogens is 219 g/mol. The molecule has 0 aliphatic carbocycles. The average molecular weight is 231 g/mol. The third-order valence-corrected chi connectivity index (χ3v) is 2.79. The Morgan fingerprint density at radius 2 is 2.06 bits per heavy atom. The van der Waals surface area contributed by atoms with Crippen LogP contribution in [0.3, 0.4) is 0 Å². The first-order valence-electron chi connectivity index (χ1n) is 5.12. The zero-order valence-electron chi connectivity index (χ0n) is 8.51. The zero-order valence-corrected chi connectivity index (χ0v) is 8.51. The van der Waals surface area contributed by atoms with Gasteiger partial charge in [0, 0.05) is 6.04 Å². The van der Waals surface area contributed by atoms with Crippen molar-refractivity contribution < 1.29 is 18.3 Å². The van der Waals surface area contributed by atoms with E-state index < -0.39 is 17.5 Å². The van der Waals surface area contributed by atoms with E-state index >= 15 is 0 Å². The molecule has 88 valence electrons. The summed E-state index contributed by atoms with van der Waals surface area (Å²) in [6, 6.07) is 3.64. The smallest absolute Gasteiger partial charge is 0.419 e. The molecule has 1 aromatic carbocycles. The van der Waals surface area contributed by atoms with Gasteiger partial charge >= 0.3 is 6.18 Å². The fourth-order valence-corrected chi connectivity index (χ4v) is 1.97. The lowest BCUT2D eigenvalue weighted by atomic mass is 10.0. The van der Waals surface area contributed by atoms with E-state index in [0.29, 0.717) is 5.56 Å². The quantitative estimate of drug-likeness (QED) is 0.779. The van der Waals surface area contributed by atoms with Crippen LogP contribution >= 0.6 is 0 Å². The summed E-state index contributed by atoms with van der Waals surface area (Å²) in [4.78, 5) is 0. The molecule has 2 rings (SSSR count). The maximum absolute atomic E-state index is 12.5. The predicted octanol–water partition coefficient (Wildman–Crippen LogP) is 2.84. The van der Waals surface area contributed by atoms with Gasteiger partial charge in [-0.2, -0.15) is 13.2 Å². The summed E-state index contributed by atoms with van der Waals surface area (Å²) in [6.07, 6.45) is -2.70. The Morgan fingerprint density at radius 3 is 2.62 bits per heavy atom. The van der Waals surface area contributed by atoms with E-state index in [1.807, 2.05) is 0 Å². The SMILES string of the molecule is Oc1ccc([C@H]2CCCN2)cc1C(F)(F)F. The first-order chi connectivity index (χ1) is 7.48. The Kier molecular flexibility index (Phi) is 2.80. The number of nitrogens with one attached hydrogen (secondary N) is 1. The first-order valence-corrected chi connectivity index (χ1v) is 5.12. The van der Waals surface area contributed by atoms with Gasteiger partial charge in [-0.3, -0.25) is 0 Å². The third-order valence-electron chi connectivity index (χ3n) is 2.79. The van der Waals surface area contributed by atoms with Gasteiger partial charge in [-0.15, -0.1) is 0 Å². The number of hydrogen-bond donors (Lipinski definition) is 2. The lowest BCUT2D eigenvalue weighted by Crippen LogP contribution is -2.14. The van der Waals surface area contributed by atoms with Gasteiger partial charge in [0.15, 0.2) is 0 Å². The summed E-state index contributed by atoms with van der Waals surface area (Å²) >= 11 is 0. The van der Waals surface area contributed by atoms with E-state index in [1.165, 1.54) is 6.07 Å². The number of halogens is 3. The molecule has 1 heterocycles. The zero-order chi connectivity index (χ0) is 11.8. The second-order valence-corrected chi connectivity index (χ2v) is 3.92. The number of phenols is 1. The van der Waals surface area contributed by atoms with E-state index in [-0.39, 0.29) is 6.04 Å². The van der Waals surface area contributed by atoms with Gasteiger partial charge in [-0.05, 0) is 37.1 Å². The molecule has 0 radical (unpaired) electrons. The van der Waals surface area contributed by atoms with E-state index in [1.54, 1.807) is 0 Å². The molecule has 0 unspecified atom stereocenters. The molecule has 0 bridgehead atoms. The number of aromatic hydroxyl groups is 1. The molecule has 1 aliphatic rings. The molecule has 0 amide bonds. The van der Waals surface area contributed by atoms with Crippen molar-refractivity contribution >= 4 is 0 Å².